The Morgan fingerprint density at radius 1 is 1.55 bits per heavy atom. The van der Waals surface area contributed by atoms with E-state index in [1.165, 1.54) is 10.7 Å². The van der Waals surface area contributed by atoms with Crippen molar-refractivity contribution in [2.75, 3.05) is 6.61 Å². The van der Waals surface area contributed by atoms with E-state index in [4.69, 9.17) is 9.84 Å². The molecule has 0 amide bonds. The van der Waals surface area contributed by atoms with E-state index < -0.39 is 18.4 Å². The van der Waals surface area contributed by atoms with E-state index in [0.29, 0.717) is 17.8 Å². The van der Waals surface area contributed by atoms with Gasteiger partial charge in [-0.05, 0) is 6.92 Å². The molecule has 1 fully saturated rings. The Labute approximate surface area is 123 Å². The lowest BCUT2D eigenvalue weighted by atomic mass is 10.2. The van der Waals surface area contributed by atoms with Crippen molar-refractivity contribution in [3.05, 3.63) is 28.6 Å². The van der Waals surface area contributed by atoms with E-state index >= 15 is 0 Å². The van der Waals surface area contributed by atoms with Crippen molar-refractivity contribution >= 4 is 16.9 Å². The van der Waals surface area contributed by atoms with Gasteiger partial charge in [0.2, 0.25) is 5.78 Å². The molecule has 3 atom stereocenters. The van der Waals surface area contributed by atoms with Crippen LogP contribution >= 0.6 is 0 Å². The van der Waals surface area contributed by atoms with E-state index in [9.17, 15) is 9.90 Å². The lowest BCUT2D eigenvalue weighted by Crippen LogP contribution is -2.24. The summed E-state index contributed by atoms with van der Waals surface area (Å²) in [5.41, 5.74) is 1.18. The highest BCUT2D eigenvalue weighted by atomic mass is 16.5. The second-order valence-corrected chi connectivity index (χ2v) is 5.49. The van der Waals surface area contributed by atoms with Gasteiger partial charge in [0.05, 0.1) is 19.0 Å². The zero-order valence-electron chi connectivity index (χ0n) is 11.8. The van der Waals surface area contributed by atoms with Crippen LogP contribution in [0.3, 0.4) is 0 Å². The molecule has 9 heteroatoms. The third kappa shape index (κ3) is 1.79. The van der Waals surface area contributed by atoms with Crippen molar-refractivity contribution in [2.24, 2.45) is 0 Å². The molecule has 116 valence electrons. The third-order valence-electron chi connectivity index (χ3n) is 3.96. The van der Waals surface area contributed by atoms with Crippen LogP contribution in [0, 0.1) is 6.92 Å². The average Bonchev–Trinajstić information content (AvgIpc) is 3.15. The van der Waals surface area contributed by atoms with E-state index in [0.717, 1.165) is 5.69 Å². The highest BCUT2D eigenvalue weighted by Crippen LogP contribution is 2.30. The van der Waals surface area contributed by atoms with Crippen molar-refractivity contribution in [3.8, 4) is 0 Å². The highest BCUT2D eigenvalue weighted by Gasteiger charge is 2.35. The monoisotopic (exact) mass is 305 g/mol. The first-order chi connectivity index (χ1) is 10.6. The zero-order chi connectivity index (χ0) is 15.4. The number of aromatic amines is 1. The number of aliphatic hydroxyl groups excluding tert-OH is 2. The fourth-order valence-corrected chi connectivity index (χ4v) is 2.85. The Hall–Kier alpha value is -2.23. The molecule has 3 N–H and O–H groups in total. The number of rotatable bonds is 2. The molecule has 0 saturated carbocycles. The Morgan fingerprint density at radius 2 is 2.36 bits per heavy atom. The number of aliphatic hydroxyl groups is 2. The van der Waals surface area contributed by atoms with Gasteiger partial charge in [0.15, 0.2) is 11.2 Å². The number of nitrogens with one attached hydrogen (secondary N) is 1. The van der Waals surface area contributed by atoms with Crippen LogP contribution in [-0.2, 0) is 4.74 Å². The van der Waals surface area contributed by atoms with Crippen molar-refractivity contribution in [2.45, 2.75) is 31.8 Å². The topological polar surface area (TPSA) is 118 Å². The summed E-state index contributed by atoms with van der Waals surface area (Å²) in [7, 11) is 0. The van der Waals surface area contributed by atoms with E-state index in [1.807, 2.05) is 6.92 Å². The summed E-state index contributed by atoms with van der Waals surface area (Å²) < 4.78 is 8.63. The maximum absolute atomic E-state index is 12.4. The number of imidazole rings is 2. The van der Waals surface area contributed by atoms with Crippen LogP contribution in [0.2, 0.25) is 0 Å². The Kier molecular flexibility index (Phi) is 2.83. The van der Waals surface area contributed by atoms with Crippen LogP contribution in [0.15, 0.2) is 17.3 Å². The van der Waals surface area contributed by atoms with Crippen LogP contribution < -0.4 is 5.56 Å². The lowest BCUT2D eigenvalue weighted by Gasteiger charge is -2.13. The molecule has 3 unspecified atom stereocenters. The van der Waals surface area contributed by atoms with Gasteiger partial charge >= 0.3 is 0 Å². The second-order valence-electron chi connectivity index (χ2n) is 5.49. The zero-order valence-corrected chi connectivity index (χ0v) is 11.8. The normalized spacial score (nSPS) is 25.5. The Morgan fingerprint density at radius 3 is 3.09 bits per heavy atom. The molecule has 0 radical (unpaired) electrons. The number of fused-ring (bicyclic) bond motifs is 2. The number of hydrogen-bond donors (Lipinski definition) is 3. The van der Waals surface area contributed by atoms with Gasteiger partial charge in [-0.25, -0.2) is 9.38 Å². The van der Waals surface area contributed by atoms with Crippen LogP contribution in [0.4, 0.5) is 0 Å². The van der Waals surface area contributed by atoms with Crippen LogP contribution in [0.5, 0.6) is 0 Å². The lowest BCUT2D eigenvalue weighted by molar-refractivity contribution is -0.0432. The fraction of sp³-hybridized carbons (Fsp3) is 0.462. The number of H-pyrrole nitrogens is 1. The molecule has 9 nitrogen and oxygen atoms in total. The molecule has 3 aromatic heterocycles. The van der Waals surface area contributed by atoms with Crippen LogP contribution in [-0.4, -0.2) is 52.9 Å². The van der Waals surface area contributed by atoms with Crippen LogP contribution in [0.25, 0.3) is 16.9 Å². The van der Waals surface area contributed by atoms with Crippen molar-refractivity contribution in [3.63, 3.8) is 0 Å². The number of aryl methyl sites for hydroxylation is 1. The van der Waals surface area contributed by atoms with Gasteiger partial charge in [-0.2, -0.15) is 4.98 Å². The molecule has 3 aromatic rings. The van der Waals surface area contributed by atoms with Gasteiger partial charge < -0.3 is 19.9 Å². The molecule has 1 aliphatic rings. The van der Waals surface area contributed by atoms with E-state index in [-0.39, 0.29) is 17.7 Å². The minimum absolute atomic E-state index is 0.238. The molecule has 0 aromatic carbocycles. The summed E-state index contributed by atoms with van der Waals surface area (Å²) in [5.74, 6) is 0.425. The number of aromatic nitrogens is 5. The first kappa shape index (κ1) is 13.4. The fourth-order valence-electron chi connectivity index (χ4n) is 2.85. The summed E-state index contributed by atoms with van der Waals surface area (Å²) in [6, 6.07) is 0. The second kappa shape index (κ2) is 4.63. The van der Waals surface area contributed by atoms with E-state index in [2.05, 4.69) is 15.0 Å². The van der Waals surface area contributed by atoms with Gasteiger partial charge in [0.25, 0.3) is 5.56 Å². The Bertz CT molecular complexity index is 910. The molecule has 4 rings (SSSR count). The molecule has 22 heavy (non-hydrogen) atoms. The Balaban J connectivity index is 1.88. The first-order valence-corrected chi connectivity index (χ1v) is 6.97. The highest BCUT2D eigenvalue weighted by molar-refractivity contribution is 5.71. The third-order valence-corrected chi connectivity index (χ3v) is 3.96. The van der Waals surface area contributed by atoms with Crippen LogP contribution in [0.1, 0.15) is 18.3 Å². The van der Waals surface area contributed by atoms with Gasteiger partial charge in [-0.1, -0.05) is 0 Å². The molecule has 0 aliphatic carbocycles. The molecule has 4 heterocycles. The first-order valence-electron chi connectivity index (χ1n) is 6.97. The van der Waals surface area contributed by atoms with Gasteiger partial charge in [0, 0.05) is 18.3 Å². The van der Waals surface area contributed by atoms with Gasteiger partial charge in [-0.15, -0.1) is 0 Å². The summed E-state index contributed by atoms with van der Waals surface area (Å²) in [6.45, 7) is 1.57. The number of nitrogens with zero attached hydrogens (tertiary/aromatic N) is 4. The molecule has 1 saturated heterocycles. The minimum Gasteiger partial charge on any atom is -0.394 e. The van der Waals surface area contributed by atoms with Gasteiger partial charge in [0.1, 0.15) is 12.3 Å². The molecule has 1 aliphatic heterocycles. The summed E-state index contributed by atoms with van der Waals surface area (Å²) in [5, 5.41) is 19.0. The molecule has 0 bridgehead atoms. The summed E-state index contributed by atoms with van der Waals surface area (Å²) >= 11 is 0. The van der Waals surface area contributed by atoms with Crippen molar-refractivity contribution in [1.29, 1.82) is 0 Å². The van der Waals surface area contributed by atoms with E-state index in [1.54, 1.807) is 10.8 Å². The molecular formula is C13H15N5O4. The molecule has 0 spiro atoms. The SMILES string of the molecule is Cc1cn2c(=O)c3ncn(C4CC(O)C(CO)O4)c3nc2[nH]1. The maximum Gasteiger partial charge on any atom is 0.287 e. The largest absolute Gasteiger partial charge is 0.394 e. The van der Waals surface area contributed by atoms with Crippen molar-refractivity contribution in [1.82, 2.24) is 23.9 Å². The maximum atomic E-state index is 12.4. The minimum atomic E-state index is -0.759. The number of hydrogen-bond acceptors (Lipinski definition) is 6. The quantitative estimate of drug-likeness (QED) is 0.577. The van der Waals surface area contributed by atoms with Crippen molar-refractivity contribution < 1.29 is 14.9 Å². The van der Waals surface area contributed by atoms with Gasteiger partial charge in [-0.3, -0.25) is 9.36 Å². The average molecular weight is 305 g/mol. The predicted molar refractivity (Wildman–Crippen MR) is 75.5 cm³/mol. The summed E-state index contributed by atoms with van der Waals surface area (Å²) in [4.78, 5) is 24.0. The predicted octanol–water partition coefficient (Wildman–Crippen LogP) is -0.679. The standard InChI is InChI=1S/C13H15N5O4/c1-6-3-17-12(21)10-11(16-13(17)15-6)18(5-14-10)9-2-7(20)8(4-19)22-9/h3,5,7-9,19-20H,2,4H2,1H3,(H,15,16). The summed E-state index contributed by atoms with van der Waals surface area (Å²) in [6.07, 6.45) is 1.54. The smallest absolute Gasteiger partial charge is 0.287 e. The molecular weight excluding hydrogens is 290 g/mol. The number of ether oxygens (including phenoxy) is 1.